The SMILES string of the molecule is CCc1nn2c(C)cc(C)nc2c1Cc1ccc(N[N+]#N)cc1. The first-order valence-electron chi connectivity index (χ1n) is 7.66. The van der Waals surface area contributed by atoms with Gasteiger partial charge in [-0.1, -0.05) is 19.1 Å². The van der Waals surface area contributed by atoms with Crippen LogP contribution in [-0.2, 0) is 12.8 Å². The van der Waals surface area contributed by atoms with Gasteiger partial charge in [-0.2, -0.15) is 5.10 Å². The molecule has 0 amide bonds. The molecule has 6 nitrogen and oxygen atoms in total. The molecule has 0 unspecified atom stereocenters. The number of anilines is 1. The van der Waals surface area contributed by atoms with E-state index in [-0.39, 0.29) is 0 Å². The number of diazo groups is 1. The van der Waals surface area contributed by atoms with E-state index >= 15 is 0 Å². The Hall–Kier alpha value is -2.94. The molecule has 3 aromatic rings. The highest BCUT2D eigenvalue weighted by Crippen LogP contribution is 2.22. The molecule has 0 aliphatic carbocycles. The number of benzene rings is 1. The summed E-state index contributed by atoms with van der Waals surface area (Å²) in [5.41, 5.74) is 9.71. The maximum absolute atomic E-state index is 8.53. The summed E-state index contributed by atoms with van der Waals surface area (Å²) in [6.07, 6.45) is 1.65. The Morgan fingerprint density at radius 2 is 1.96 bits per heavy atom. The van der Waals surface area contributed by atoms with Crippen LogP contribution in [-0.4, -0.2) is 14.6 Å². The molecule has 116 valence electrons. The zero-order valence-electron chi connectivity index (χ0n) is 13.5. The zero-order chi connectivity index (χ0) is 16.4. The van der Waals surface area contributed by atoms with Crippen molar-refractivity contribution in [1.82, 2.24) is 14.6 Å². The highest BCUT2D eigenvalue weighted by Gasteiger charge is 2.15. The van der Waals surface area contributed by atoms with Crippen LogP contribution in [0.4, 0.5) is 5.69 Å². The molecule has 0 bridgehead atoms. The van der Waals surface area contributed by atoms with Crippen LogP contribution >= 0.6 is 0 Å². The smallest absolute Gasteiger partial charge is 0.234 e. The van der Waals surface area contributed by atoms with Crippen molar-refractivity contribution >= 4 is 11.3 Å². The Kier molecular flexibility index (Phi) is 3.94. The molecule has 0 aliphatic heterocycles. The van der Waals surface area contributed by atoms with E-state index in [9.17, 15) is 0 Å². The van der Waals surface area contributed by atoms with Crippen LogP contribution < -0.4 is 5.43 Å². The van der Waals surface area contributed by atoms with Crippen LogP contribution in [0.1, 0.15) is 35.1 Å². The Morgan fingerprint density at radius 3 is 2.61 bits per heavy atom. The Bertz CT molecular complexity index is 886. The molecular formula is C17H19N6+. The number of fused-ring (bicyclic) bond motifs is 1. The van der Waals surface area contributed by atoms with E-state index < -0.39 is 0 Å². The number of rotatable bonds is 4. The molecule has 0 saturated carbocycles. The van der Waals surface area contributed by atoms with Crippen molar-refractivity contribution in [3.05, 3.63) is 63.6 Å². The minimum atomic E-state index is 0.747. The summed E-state index contributed by atoms with van der Waals surface area (Å²) >= 11 is 0. The standard InChI is InChI=1S/C17H19N6/c1-4-16-15(10-13-5-7-14(8-6-13)20-22-18)17-19-11(2)9-12(3)23(17)21-16/h5-9,20H,4,10H2,1-3H3/q+1. The van der Waals surface area contributed by atoms with Crippen LogP contribution in [0.2, 0.25) is 0 Å². The first-order chi connectivity index (χ1) is 11.1. The molecule has 0 fully saturated rings. The van der Waals surface area contributed by atoms with Crippen molar-refractivity contribution in [3.8, 4) is 0 Å². The lowest BCUT2D eigenvalue weighted by molar-refractivity contribution is 0.849. The Morgan fingerprint density at radius 1 is 1.22 bits per heavy atom. The number of aryl methyl sites for hydroxylation is 3. The van der Waals surface area contributed by atoms with Crippen molar-refractivity contribution in [2.75, 3.05) is 5.43 Å². The predicted molar refractivity (Wildman–Crippen MR) is 89.8 cm³/mol. The van der Waals surface area contributed by atoms with Gasteiger partial charge in [-0.25, -0.2) is 9.50 Å². The lowest BCUT2D eigenvalue weighted by Crippen LogP contribution is -1.98. The Balaban J connectivity index is 2.03. The predicted octanol–water partition coefficient (Wildman–Crippen LogP) is 3.68. The van der Waals surface area contributed by atoms with Crippen molar-refractivity contribution in [2.24, 2.45) is 0 Å². The molecular weight excluding hydrogens is 288 g/mol. The number of hydrogen-bond donors (Lipinski definition) is 1. The van der Waals surface area contributed by atoms with Crippen LogP contribution in [0, 0.1) is 19.2 Å². The van der Waals surface area contributed by atoms with Gasteiger partial charge in [-0.05, 0) is 49.5 Å². The van der Waals surface area contributed by atoms with E-state index in [1.54, 1.807) is 0 Å². The number of hydrogen-bond acceptors (Lipinski definition) is 4. The van der Waals surface area contributed by atoms with Gasteiger partial charge in [0.15, 0.2) is 5.65 Å². The van der Waals surface area contributed by atoms with E-state index in [0.29, 0.717) is 0 Å². The third-order valence-electron chi connectivity index (χ3n) is 3.92. The fourth-order valence-corrected chi connectivity index (χ4v) is 2.83. The molecule has 6 heteroatoms. The second-order valence-electron chi connectivity index (χ2n) is 5.64. The summed E-state index contributed by atoms with van der Waals surface area (Å²) in [5.74, 6) is 0. The van der Waals surface area contributed by atoms with Crippen LogP contribution in [0.25, 0.3) is 10.7 Å². The summed E-state index contributed by atoms with van der Waals surface area (Å²) in [6, 6.07) is 9.84. The number of aromatic nitrogens is 3. The molecule has 0 spiro atoms. The average molecular weight is 307 g/mol. The summed E-state index contributed by atoms with van der Waals surface area (Å²) in [5, 5.41) is 16.2. The number of nitrogens with zero attached hydrogens (tertiary/aromatic N) is 5. The first-order valence-corrected chi connectivity index (χ1v) is 7.66. The molecule has 3 rings (SSSR count). The summed E-state index contributed by atoms with van der Waals surface area (Å²) in [4.78, 5) is 4.69. The largest absolute Gasteiger partial charge is 0.308 e. The zero-order valence-corrected chi connectivity index (χ0v) is 13.5. The lowest BCUT2D eigenvalue weighted by Gasteiger charge is -2.04. The van der Waals surface area contributed by atoms with E-state index in [4.69, 9.17) is 10.5 Å². The van der Waals surface area contributed by atoms with E-state index in [1.807, 2.05) is 41.8 Å². The van der Waals surface area contributed by atoms with E-state index in [1.165, 1.54) is 11.1 Å². The minimum Gasteiger partial charge on any atom is -0.234 e. The normalized spacial score (nSPS) is 10.7. The third kappa shape index (κ3) is 2.86. The fraction of sp³-hybridized carbons (Fsp3) is 0.294. The third-order valence-corrected chi connectivity index (χ3v) is 3.92. The molecule has 0 atom stereocenters. The van der Waals surface area contributed by atoms with Crippen molar-refractivity contribution in [1.29, 1.82) is 5.39 Å². The first kappa shape index (κ1) is 15.0. The summed E-state index contributed by atoms with van der Waals surface area (Å²) < 4.78 is 1.93. The Labute approximate surface area is 134 Å². The molecule has 0 aliphatic rings. The van der Waals surface area contributed by atoms with Gasteiger partial charge in [0.05, 0.1) is 5.69 Å². The van der Waals surface area contributed by atoms with E-state index in [2.05, 4.69) is 29.3 Å². The quantitative estimate of drug-likeness (QED) is 0.589. The van der Waals surface area contributed by atoms with Gasteiger partial charge in [0, 0.05) is 23.4 Å². The molecule has 2 heterocycles. The number of nitrogens with one attached hydrogen (secondary N) is 1. The maximum Gasteiger partial charge on any atom is 0.308 e. The maximum atomic E-state index is 8.53. The van der Waals surface area contributed by atoms with Gasteiger partial charge in [-0.3, -0.25) is 0 Å². The second kappa shape index (κ2) is 6.05. The fourth-order valence-electron chi connectivity index (χ4n) is 2.83. The van der Waals surface area contributed by atoms with Crippen LogP contribution in [0.3, 0.4) is 0 Å². The van der Waals surface area contributed by atoms with E-state index in [0.717, 1.165) is 41.3 Å². The van der Waals surface area contributed by atoms with Gasteiger partial charge in [0.1, 0.15) is 5.69 Å². The van der Waals surface area contributed by atoms with Gasteiger partial charge in [-0.15, -0.1) is 0 Å². The van der Waals surface area contributed by atoms with Crippen molar-refractivity contribution in [3.63, 3.8) is 0 Å². The van der Waals surface area contributed by atoms with Gasteiger partial charge in [0.25, 0.3) is 5.39 Å². The second-order valence-corrected chi connectivity index (χ2v) is 5.64. The molecule has 0 saturated heterocycles. The topological polar surface area (TPSA) is 70.4 Å². The molecule has 1 N–H and O–H groups in total. The van der Waals surface area contributed by atoms with Crippen molar-refractivity contribution in [2.45, 2.75) is 33.6 Å². The molecule has 0 radical (unpaired) electrons. The highest BCUT2D eigenvalue weighted by atomic mass is 15.3. The average Bonchev–Trinajstić information content (AvgIpc) is 2.88. The highest BCUT2D eigenvalue weighted by molar-refractivity contribution is 5.54. The minimum absolute atomic E-state index is 0.747. The van der Waals surface area contributed by atoms with Gasteiger partial charge >= 0.3 is 5.08 Å². The summed E-state index contributed by atoms with van der Waals surface area (Å²) in [7, 11) is 0. The molecule has 23 heavy (non-hydrogen) atoms. The molecule has 1 aromatic carbocycles. The van der Waals surface area contributed by atoms with Crippen LogP contribution in [0.5, 0.6) is 0 Å². The van der Waals surface area contributed by atoms with Crippen LogP contribution in [0.15, 0.2) is 30.3 Å². The molecule has 2 aromatic heterocycles. The van der Waals surface area contributed by atoms with Gasteiger partial charge < -0.3 is 0 Å². The lowest BCUT2D eigenvalue weighted by atomic mass is 10.0. The monoisotopic (exact) mass is 307 g/mol. The van der Waals surface area contributed by atoms with Gasteiger partial charge in [0.2, 0.25) is 0 Å². The summed E-state index contributed by atoms with van der Waals surface area (Å²) in [6.45, 7) is 6.17. The van der Waals surface area contributed by atoms with Crippen molar-refractivity contribution < 1.29 is 0 Å².